The molecule has 2 rings (SSSR count). The molecule has 110 valence electrons. The highest BCUT2D eigenvalue weighted by Gasteiger charge is 2.19. The number of unbranched alkanes of at least 4 members (excludes halogenated alkanes) is 1. The van der Waals surface area contributed by atoms with Gasteiger partial charge in [-0.05, 0) is 30.9 Å². The molecule has 0 bridgehead atoms. The van der Waals surface area contributed by atoms with Gasteiger partial charge in [-0.1, -0.05) is 26.2 Å². The molecule has 20 heavy (non-hydrogen) atoms. The number of aromatic nitrogens is 1. The molecular weight excluding hydrogens is 254 g/mol. The van der Waals surface area contributed by atoms with E-state index in [2.05, 4.69) is 16.8 Å². The summed E-state index contributed by atoms with van der Waals surface area (Å²) < 4.78 is 0. The second kappa shape index (κ2) is 7.24. The van der Waals surface area contributed by atoms with Gasteiger partial charge in [-0.3, -0.25) is 10.0 Å². The van der Waals surface area contributed by atoms with E-state index >= 15 is 0 Å². The van der Waals surface area contributed by atoms with Gasteiger partial charge >= 0.3 is 0 Å². The standard InChI is InChI=1S/C15H23N3O2/c1-2-3-4-12-7-9-18(10-8-12)14-6-5-13(11-16-14)15(19)17-20/h5-6,11-12,20H,2-4,7-10H2,1H3,(H,17,19). The molecule has 2 N–H and O–H groups in total. The first-order valence-corrected chi connectivity index (χ1v) is 7.40. The van der Waals surface area contributed by atoms with Crippen molar-refractivity contribution in [2.45, 2.75) is 39.0 Å². The number of hydroxylamine groups is 1. The fraction of sp³-hybridized carbons (Fsp3) is 0.600. The van der Waals surface area contributed by atoms with Crippen molar-refractivity contribution >= 4 is 11.7 Å². The van der Waals surface area contributed by atoms with E-state index < -0.39 is 5.91 Å². The molecule has 1 aliphatic heterocycles. The summed E-state index contributed by atoms with van der Waals surface area (Å²) in [6, 6.07) is 3.54. The normalized spacial score (nSPS) is 16.2. The van der Waals surface area contributed by atoms with Gasteiger partial charge in [-0.25, -0.2) is 10.5 Å². The predicted octanol–water partition coefficient (Wildman–Crippen LogP) is 2.61. The maximum atomic E-state index is 11.2. The van der Waals surface area contributed by atoms with Crippen molar-refractivity contribution in [1.29, 1.82) is 0 Å². The number of carbonyl (C=O) groups is 1. The molecule has 1 amide bonds. The first-order valence-electron chi connectivity index (χ1n) is 7.40. The van der Waals surface area contributed by atoms with Crippen LogP contribution in [0.1, 0.15) is 49.4 Å². The SMILES string of the molecule is CCCCC1CCN(c2ccc(C(=O)NO)cn2)CC1. The third-order valence-electron chi connectivity index (χ3n) is 4.02. The van der Waals surface area contributed by atoms with Crippen LogP contribution in [0.15, 0.2) is 18.3 Å². The highest BCUT2D eigenvalue weighted by molar-refractivity contribution is 5.93. The molecule has 1 aromatic heterocycles. The summed E-state index contributed by atoms with van der Waals surface area (Å²) in [4.78, 5) is 17.8. The smallest absolute Gasteiger partial charge is 0.276 e. The number of carbonyl (C=O) groups excluding carboxylic acids is 1. The Bertz CT molecular complexity index is 425. The van der Waals surface area contributed by atoms with Crippen molar-refractivity contribution < 1.29 is 10.0 Å². The van der Waals surface area contributed by atoms with Crippen LogP contribution in [0.25, 0.3) is 0 Å². The van der Waals surface area contributed by atoms with Crippen molar-refractivity contribution in [3.05, 3.63) is 23.9 Å². The summed E-state index contributed by atoms with van der Waals surface area (Å²) in [7, 11) is 0. The molecule has 0 aromatic carbocycles. The van der Waals surface area contributed by atoms with Gasteiger partial charge in [0.15, 0.2) is 0 Å². The lowest BCUT2D eigenvalue weighted by molar-refractivity contribution is 0.0706. The lowest BCUT2D eigenvalue weighted by Gasteiger charge is -2.32. The molecule has 0 atom stereocenters. The van der Waals surface area contributed by atoms with Gasteiger partial charge in [0.05, 0.1) is 5.56 Å². The minimum Gasteiger partial charge on any atom is -0.357 e. The minimum atomic E-state index is -0.526. The van der Waals surface area contributed by atoms with E-state index in [1.54, 1.807) is 11.5 Å². The topological polar surface area (TPSA) is 65.5 Å². The molecule has 0 aliphatic carbocycles. The zero-order valence-electron chi connectivity index (χ0n) is 12.0. The van der Waals surface area contributed by atoms with Crippen molar-refractivity contribution in [3.8, 4) is 0 Å². The number of rotatable bonds is 5. The van der Waals surface area contributed by atoms with Crippen LogP contribution in [0, 0.1) is 5.92 Å². The van der Waals surface area contributed by atoms with E-state index in [0.717, 1.165) is 24.8 Å². The number of hydrogen-bond acceptors (Lipinski definition) is 4. The number of pyridine rings is 1. The molecule has 1 saturated heterocycles. The summed E-state index contributed by atoms with van der Waals surface area (Å²) in [5.74, 6) is 1.24. The van der Waals surface area contributed by atoms with Crippen molar-refractivity contribution in [1.82, 2.24) is 10.5 Å². The Kier molecular flexibility index (Phi) is 5.35. The Hall–Kier alpha value is -1.62. The molecule has 0 unspecified atom stereocenters. The Balaban J connectivity index is 1.89. The maximum Gasteiger partial charge on any atom is 0.276 e. The lowest BCUT2D eigenvalue weighted by atomic mass is 9.92. The molecule has 5 heteroatoms. The van der Waals surface area contributed by atoms with Crippen molar-refractivity contribution in [2.75, 3.05) is 18.0 Å². The monoisotopic (exact) mass is 277 g/mol. The van der Waals surface area contributed by atoms with E-state index in [4.69, 9.17) is 5.21 Å². The first-order chi connectivity index (χ1) is 9.74. The minimum absolute atomic E-state index is 0.370. The Morgan fingerprint density at radius 1 is 1.45 bits per heavy atom. The Labute approximate surface area is 120 Å². The van der Waals surface area contributed by atoms with Gasteiger partial charge in [-0.2, -0.15) is 0 Å². The second-order valence-corrected chi connectivity index (χ2v) is 5.42. The molecule has 1 aromatic rings. The number of amides is 1. The Morgan fingerprint density at radius 3 is 2.75 bits per heavy atom. The highest BCUT2D eigenvalue weighted by Crippen LogP contribution is 2.25. The van der Waals surface area contributed by atoms with Crippen LogP contribution in [-0.4, -0.2) is 29.2 Å². The van der Waals surface area contributed by atoms with Crippen LogP contribution >= 0.6 is 0 Å². The zero-order chi connectivity index (χ0) is 14.4. The molecular formula is C15H23N3O2. The second-order valence-electron chi connectivity index (χ2n) is 5.42. The quantitative estimate of drug-likeness (QED) is 0.641. The number of hydrogen-bond donors (Lipinski definition) is 2. The summed E-state index contributed by atoms with van der Waals surface area (Å²) in [5, 5.41) is 8.57. The number of nitrogens with zero attached hydrogens (tertiary/aromatic N) is 2. The largest absolute Gasteiger partial charge is 0.357 e. The summed E-state index contributed by atoms with van der Waals surface area (Å²) in [5.41, 5.74) is 1.98. The van der Waals surface area contributed by atoms with Crippen LogP contribution in [0.4, 0.5) is 5.82 Å². The fourth-order valence-corrected chi connectivity index (χ4v) is 2.72. The molecule has 0 radical (unpaired) electrons. The van der Waals surface area contributed by atoms with Gasteiger partial charge < -0.3 is 4.90 Å². The third kappa shape index (κ3) is 3.70. The fourth-order valence-electron chi connectivity index (χ4n) is 2.72. The van der Waals surface area contributed by atoms with Crippen LogP contribution in [-0.2, 0) is 0 Å². The van der Waals surface area contributed by atoms with Gasteiger partial charge in [0, 0.05) is 19.3 Å². The van der Waals surface area contributed by atoms with Crippen LogP contribution in [0.5, 0.6) is 0 Å². The third-order valence-corrected chi connectivity index (χ3v) is 4.02. The average Bonchev–Trinajstić information content (AvgIpc) is 2.53. The van der Waals surface area contributed by atoms with Crippen molar-refractivity contribution in [3.63, 3.8) is 0 Å². The van der Waals surface area contributed by atoms with Gasteiger partial charge in [0.1, 0.15) is 5.82 Å². The molecule has 1 aliphatic rings. The lowest BCUT2D eigenvalue weighted by Crippen LogP contribution is -2.34. The number of anilines is 1. The predicted molar refractivity (Wildman–Crippen MR) is 78.0 cm³/mol. The summed E-state index contributed by atoms with van der Waals surface area (Å²) in [6.07, 6.45) is 7.89. The number of piperidine rings is 1. The Morgan fingerprint density at radius 2 is 2.20 bits per heavy atom. The molecule has 2 heterocycles. The van der Waals surface area contributed by atoms with Gasteiger partial charge in [0.25, 0.3) is 5.91 Å². The molecule has 0 saturated carbocycles. The zero-order valence-corrected chi connectivity index (χ0v) is 12.0. The van der Waals surface area contributed by atoms with E-state index in [1.165, 1.54) is 38.3 Å². The van der Waals surface area contributed by atoms with E-state index in [0.29, 0.717) is 5.56 Å². The first kappa shape index (κ1) is 14.8. The van der Waals surface area contributed by atoms with Gasteiger partial charge in [0.2, 0.25) is 0 Å². The van der Waals surface area contributed by atoms with Crippen LogP contribution in [0.3, 0.4) is 0 Å². The summed E-state index contributed by atoms with van der Waals surface area (Å²) >= 11 is 0. The molecule has 0 spiro atoms. The van der Waals surface area contributed by atoms with E-state index in [-0.39, 0.29) is 0 Å². The summed E-state index contributed by atoms with van der Waals surface area (Å²) in [6.45, 7) is 4.31. The van der Waals surface area contributed by atoms with Crippen molar-refractivity contribution in [2.24, 2.45) is 5.92 Å². The van der Waals surface area contributed by atoms with Crippen LogP contribution in [0.2, 0.25) is 0 Å². The molecule has 1 fully saturated rings. The van der Waals surface area contributed by atoms with E-state index in [9.17, 15) is 4.79 Å². The maximum absolute atomic E-state index is 11.2. The molecule has 5 nitrogen and oxygen atoms in total. The van der Waals surface area contributed by atoms with Crippen LogP contribution < -0.4 is 10.4 Å². The average molecular weight is 277 g/mol. The number of nitrogens with one attached hydrogen (secondary N) is 1. The highest BCUT2D eigenvalue weighted by atomic mass is 16.5. The van der Waals surface area contributed by atoms with E-state index in [1.807, 2.05) is 6.07 Å². The van der Waals surface area contributed by atoms with Gasteiger partial charge in [-0.15, -0.1) is 0 Å².